The van der Waals surface area contributed by atoms with Crippen molar-refractivity contribution in [3.8, 4) is 0 Å². The Balaban J connectivity index is 0.00000625. The molecule has 1 unspecified atom stereocenters. The molecule has 6 nitrogen and oxygen atoms in total. The lowest BCUT2D eigenvalue weighted by Gasteiger charge is -2.20. The van der Waals surface area contributed by atoms with E-state index in [0.717, 1.165) is 12.1 Å². The predicted molar refractivity (Wildman–Crippen MR) is 111 cm³/mol. The lowest BCUT2D eigenvalue weighted by atomic mass is 10.1. The van der Waals surface area contributed by atoms with Crippen molar-refractivity contribution >= 4 is 40.0 Å². The average molecular weight is 504 g/mol. The number of nitrogens with zero attached hydrogens (tertiary/aromatic N) is 2. The van der Waals surface area contributed by atoms with Gasteiger partial charge in [0.25, 0.3) is 0 Å². The van der Waals surface area contributed by atoms with Gasteiger partial charge in [0.1, 0.15) is 0 Å². The maximum absolute atomic E-state index is 13.3. The van der Waals surface area contributed by atoms with Crippen LogP contribution in [-0.2, 0) is 10.0 Å². The molecule has 10 heteroatoms. The summed E-state index contributed by atoms with van der Waals surface area (Å²) in [6, 6.07) is 3.33. The molecule has 0 spiro atoms. The molecule has 0 heterocycles. The van der Waals surface area contributed by atoms with Crippen LogP contribution in [-0.4, -0.2) is 51.1 Å². The second-order valence-electron chi connectivity index (χ2n) is 5.44. The molecule has 1 aromatic carbocycles. The summed E-state index contributed by atoms with van der Waals surface area (Å²) in [5.41, 5.74) is 0.553. The number of halogens is 3. The molecule has 0 radical (unpaired) electrons. The zero-order valence-corrected chi connectivity index (χ0v) is 18.6. The number of hydrogen-bond donors (Lipinski definition) is 2. The molecule has 2 N–H and O–H groups in total. The molecular formula is C16H27F2IN4O2S. The Morgan fingerprint density at radius 3 is 2.35 bits per heavy atom. The first-order chi connectivity index (χ1) is 11.7. The van der Waals surface area contributed by atoms with Crippen LogP contribution in [0.2, 0.25) is 0 Å². The van der Waals surface area contributed by atoms with E-state index in [1.54, 1.807) is 27.8 Å². The Labute approximate surface area is 171 Å². The van der Waals surface area contributed by atoms with Crippen LogP contribution in [0.4, 0.5) is 8.78 Å². The van der Waals surface area contributed by atoms with E-state index < -0.39 is 21.7 Å². The molecule has 1 rings (SSSR count). The quantitative estimate of drug-likeness (QED) is 0.324. The standard InChI is InChI=1S/C16H26F2N4O2S.HI/c1-5-22(6-2)25(23,24)10-9-20-16(19-4)21-12(3)13-7-8-14(17)15(18)11-13;/h7-8,11-12H,5-6,9-10H2,1-4H3,(H2,19,20,21);1H. The molecule has 1 atom stereocenters. The highest BCUT2D eigenvalue weighted by Gasteiger charge is 2.18. The molecule has 0 aliphatic heterocycles. The van der Waals surface area contributed by atoms with Crippen molar-refractivity contribution in [2.75, 3.05) is 32.4 Å². The molecule has 0 fully saturated rings. The summed E-state index contributed by atoms with van der Waals surface area (Å²) in [6.07, 6.45) is 0. The van der Waals surface area contributed by atoms with Gasteiger partial charge >= 0.3 is 0 Å². The van der Waals surface area contributed by atoms with Crippen LogP contribution in [0, 0.1) is 11.6 Å². The van der Waals surface area contributed by atoms with Gasteiger partial charge < -0.3 is 10.6 Å². The summed E-state index contributed by atoms with van der Waals surface area (Å²) in [5, 5.41) is 5.93. The predicted octanol–water partition coefficient (Wildman–Crippen LogP) is 2.48. The summed E-state index contributed by atoms with van der Waals surface area (Å²) in [7, 11) is -1.77. The van der Waals surface area contributed by atoms with Gasteiger partial charge in [0.15, 0.2) is 17.6 Å². The fourth-order valence-corrected chi connectivity index (χ4v) is 3.71. The molecule has 0 saturated heterocycles. The van der Waals surface area contributed by atoms with Gasteiger partial charge in [-0.25, -0.2) is 21.5 Å². The number of rotatable bonds is 8. The first-order valence-electron chi connectivity index (χ1n) is 8.15. The van der Waals surface area contributed by atoms with E-state index in [4.69, 9.17) is 0 Å². The summed E-state index contributed by atoms with van der Waals surface area (Å²) < 4.78 is 52.0. The van der Waals surface area contributed by atoms with Crippen molar-refractivity contribution in [3.63, 3.8) is 0 Å². The van der Waals surface area contributed by atoms with Crippen molar-refractivity contribution in [3.05, 3.63) is 35.4 Å². The molecular weight excluding hydrogens is 477 g/mol. The van der Waals surface area contributed by atoms with E-state index in [1.807, 2.05) is 0 Å². The average Bonchev–Trinajstić information content (AvgIpc) is 2.56. The third-order valence-electron chi connectivity index (χ3n) is 3.77. The molecule has 26 heavy (non-hydrogen) atoms. The van der Waals surface area contributed by atoms with Crippen molar-refractivity contribution in [1.82, 2.24) is 14.9 Å². The number of hydrogen-bond acceptors (Lipinski definition) is 3. The minimum Gasteiger partial charge on any atom is -0.355 e. The Morgan fingerprint density at radius 2 is 1.85 bits per heavy atom. The monoisotopic (exact) mass is 504 g/mol. The smallest absolute Gasteiger partial charge is 0.215 e. The topological polar surface area (TPSA) is 73.8 Å². The van der Waals surface area contributed by atoms with Gasteiger partial charge in [-0.2, -0.15) is 0 Å². The zero-order chi connectivity index (χ0) is 19.0. The van der Waals surface area contributed by atoms with Crippen molar-refractivity contribution in [2.24, 2.45) is 4.99 Å². The molecule has 0 saturated carbocycles. The lowest BCUT2D eigenvalue weighted by molar-refractivity contribution is 0.445. The van der Waals surface area contributed by atoms with Gasteiger partial charge in [-0.15, -0.1) is 24.0 Å². The number of aliphatic imine (C=N–C) groups is 1. The van der Waals surface area contributed by atoms with E-state index in [1.165, 1.54) is 10.4 Å². The van der Waals surface area contributed by atoms with Crippen LogP contribution in [0.25, 0.3) is 0 Å². The number of sulfonamides is 1. The molecule has 0 aliphatic carbocycles. The van der Waals surface area contributed by atoms with Crippen LogP contribution in [0.15, 0.2) is 23.2 Å². The minimum absolute atomic E-state index is 0. The molecule has 0 aromatic heterocycles. The number of guanidine groups is 1. The summed E-state index contributed by atoms with van der Waals surface area (Å²) >= 11 is 0. The van der Waals surface area contributed by atoms with E-state index in [2.05, 4.69) is 15.6 Å². The second-order valence-corrected chi connectivity index (χ2v) is 7.53. The van der Waals surface area contributed by atoms with Gasteiger partial charge in [-0.3, -0.25) is 4.99 Å². The van der Waals surface area contributed by atoms with Crippen LogP contribution in [0.1, 0.15) is 32.4 Å². The van der Waals surface area contributed by atoms with E-state index >= 15 is 0 Å². The number of benzene rings is 1. The maximum Gasteiger partial charge on any atom is 0.215 e. The lowest BCUT2D eigenvalue weighted by Crippen LogP contribution is -2.42. The summed E-state index contributed by atoms with van der Waals surface area (Å²) in [6.45, 7) is 6.39. The fourth-order valence-electron chi connectivity index (χ4n) is 2.31. The van der Waals surface area contributed by atoms with Crippen molar-refractivity contribution in [1.29, 1.82) is 0 Å². The summed E-state index contributed by atoms with van der Waals surface area (Å²) in [5.74, 6) is -1.50. The highest BCUT2D eigenvalue weighted by molar-refractivity contribution is 14.0. The van der Waals surface area contributed by atoms with Gasteiger partial charge in [0, 0.05) is 26.7 Å². The van der Waals surface area contributed by atoms with Gasteiger partial charge in [-0.05, 0) is 24.6 Å². The Morgan fingerprint density at radius 1 is 1.23 bits per heavy atom. The third-order valence-corrected chi connectivity index (χ3v) is 5.79. The minimum atomic E-state index is -3.32. The number of nitrogens with one attached hydrogen (secondary N) is 2. The van der Waals surface area contributed by atoms with Gasteiger partial charge in [0.2, 0.25) is 10.0 Å². The zero-order valence-electron chi connectivity index (χ0n) is 15.4. The van der Waals surface area contributed by atoms with Crippen LogP contribution < -0.4 is 10.6 Å². The van der Waals surface area contributed by atoms with Crippen LogP contribution >= 0.6 is 24.0 Å². The third kappa shape index (κ3) is 7.31. The van der Waals surface area contributed by atoms with Crippen LogP contribution in [0.3, 0.4) is 0 Å². The molecule has 150 valence electrons. The van der Waals surface area contributed by atoms with Crippen molar-refractivity contribution < 1.29 is 17.2 Å². The maximum atomic E-state index is 13.3. The Hall–Kier alpha value is -1.01. The SMILES string of the molecule is CCN(CC)S(=O)(=O)CCNC(=NC)NC(C)c1ccc(F)c(F)c1.I. The first-order valence-corrected chi connectivity index (χ1v) is 9.76. The Bertz CT molecular complexity index is 697. The molecule has 1 aromatic rings. The van der Waals surface area contributed by atoms with E-state index in [9.17, 15) is 17.2 Å². The highest BCUT2D eigenvalue weighted by Crippen LogP contribution is 2.15. The van der Waals surface area contributed by atoms with E-state index in [-0.39, 0.29) is 42.3 Å². The first kappa shape index (κ1) is 25.0. The highest BCUT2D eigenvalue weighted by atomic mass is 127. The normalized spacial score (nSPS) is 13.3. The summed E-state index contributed by atoms with van der Waals surface area (Å²) in [4.78, 5) is 4.02. The van der Waals surface area contributed by atoms with E-state index in [0.29, 0.717) is 24.6 Å². The second kappa shape index (κ2) is 11.7. The molecule has 0 bridgehead atoms. The van der Waals surface area contributed by atoms with Gasteiger partial charge in [0.05, 0.1) is 11.8 Å². The van der Waals surface area contributed by atoms with Gasteiger partial charge in [-0.1, -0.05) is 19.9 Å². The Kier molecular flexibility index (Phi) is 11.2. The van der Waals surface area contributed by atoms with Crippen LogP contribution in [0.5, 0.6) is 0 Å². The fraction of sp³-hybridized carbons (Fsp3) is 0.562. The largest absolute Gasteiger partial charge is 0.355 e. The molecule has 0 aliphatic rings. The molecule has 0 amide bonds. The van der Waals surface area contributed by atoms with Crippen molar-refractivity contribution in [2.45, 2.75) is 26.8 Å².